The van der Waals surface area contributed by atoms with Crippen molar-refractivity contribution in [1.82, 2.24) is 0 Å². The monoisotopic (exact) mass is 353 g/mol. The lowest BCUT2D eigenvalue weighted by molar-refractivity contribution is 0.593. The van der Waals surface area contributed by atoms with Gasteiger partial charge in [0.05, 0.1) is 0 Å². The van der Waals surface area contributed by atoms with Crippen LogP contribution in [0.1, 0.15) is 24.1 Å². The summed E-state index contributed by atoms with van der Waals surface area (Å²) in [6, 6.07) is 12.9. The van der Waals surface area contributed by atoms with Crippen LogP contribution in [0.5, 0.6) is 0 Å². The maximum atomic E-state index is 13.7. The fraction of sp³-hybridized carbons (Fsp3) is 0.250. The van der Waals surface area contributed by atoms with Crippen molar-refractivity contribution < 1.29 is 4.39 Å². The minimum Gasteiger partial charge on any atom is -0.324 e. The van der Waals surface area contributed by atoms with Gasteiger partial charge < -0.3 is 5.73 Å². The van der Waals surface area contributed by atoms with Gasteiger partial charge in [-0.1, -0.05) is 35.0 Å². The lowest BCUT2D eigenvalue weighted by atomic mass is 9.99. The molecule has 4 heteroatoms. The van der Waals surface area contributed by atoms with E-state index in [1.807, 2.05) is 12.1 Å². The normalized spacial score (nSPS) is 12.4. The lowest BCUT2D eigenvalue weighted by Gasteiger charge is -2.13. The van der Waals surface area contributed by atoms with E-state index in [4.69, 9.17) is 5.73 Å². The quantitative estimate of drug-likeness (QED) is 0.770. The predicted octanol–water partition coefficient (Wildman–Crippen LogP) is 4.94. The second kappa shape index (κ2) is 7.25. The van der Waals surface area contributed by atoms with Crippen LogP contribution in [-0.2, 0) is 6.42 Å². The molecule has 1 nitrogen and oxygen atoms in total. The predicted molar refractivity (Wildman–Crippen MR) is 87.6 cm³/mol. The highest BCUT2D eigenvalue weighted by molar-refractivity contribution is 9.10. The zero-order chi connectivity index (χ0) is 14.5. The van der Waals surface area contributed by atoms with Crippen LogP contribution in [0.2, 0.25) is 0 Å². The van der Waals surface area contributed by atoms with E-state index in [1.165, 1.54) is 11.0 Å². The number of thioether (sulfide) groups is 1. The van der Waals surface area contributed by atoms with E-state index in [0.717, 1.165) is 15.8 Å². The number of nitrogens with two attached hydrogens (primary N) is 1. The van der Waals surface area contributed by atoms with Crippen molar-refractivity contribution in [2.75, 3.05) is 5.75 Å². The summed E-state index contributed by atoms with van der Waals surface area (Å²) in [5.41, 5.74) is 7.85. The molecule has 0 saturated carbocycles. The smallest absolute Gasteiger partial charge is 0.126 e. The van der Waals surface area contributed by atoms with Gasteiger partial charge >= 0.3 is 0 Å². The van der Waals surface area contributed by atoms with E-state index in [1.54, 1.807) is 23.9 Å². The van der Waals surface area contributed by atoms with Crippen molar-refractivity contribution in [3.63, 3.8) is 0 Å². The molecular weight excluding hydrogens is 337 g/mol. The molecule has 2 N–H and O–H groups in total. The summed E-state index contributed by atoms with van der Waals surface area (Å²) >= 11 is 5.16. The van der Waals surface area contributed by atoms with Gasteiger partial charge in [0.25, 0.3) is 0 Å². The molecule has 1 atom stereocenters. The van der Waals surface area contributed by atoms with Crippen LogP contribution < -0.4 is 5.73 Å². The van der Waals surface area contributed by atoms with Crippen LogP contribution in [0, 0.1) is 5.82 Å². The molecular formula is C16H17BrFNS. The summed E-state index contributed by atoms with van der Waals surface area (Å²) in [6.07, 6.45) is 0.492. The molecule has 1 unspecified atom stereocenters. The zero-order valence-electron chi connectivity index (χ0n) is 11.3. The first-order valence-electron chi connectivity index (χ1n) is 6.52. The molecule has 2 aromatic carbocycles. The fourth-order valence-electron chi connectivity index (χ4n) is 2.03. The summed E-state index contributed by atoms with van der Waals surface area (Å²) in [5, 5.41) is 0. The van der Waals surface area contributed by atoms with Crippen molar-refractivity contribution in [1.29, 1.82) is 0 Å². The van der Waals surface area contributed by atoms with E-state index in [-0.39, 0.29) is 11.9 Å². The van der Waals surface area contributed by atoms with E-state index in [0.29, 0.717) is 12.0 Å². The number of hydrogen-bond donors (Lipinski definition) is 1. The maximum Gasteiger partial charge on any atom is 0.126 e. The summed E-state index contributed by atoms with van der Waals surface area (Å²) in [4.78, 5) is 1.23. The van der Waals surface area contributed by atoms with E-state index in [9.17, 15) is 4.39 Å². The molecule has 0 heterocycles. The fourth-order valence-corrected chi connectivity index (χ4v) is 3.10. The first-order valence-corrected chi connectivity index (χ1v) is 8.30. The summed E-state index contributed by atoms with van der Waals surface area (Å²) in [6.45, 7) is 2.13. The number of halogens is 2. The largest absolute Gasteiger partial charge is 0.324 e. The Morgan fingerprint density at radius 3 is 2.55 bits per heavy atom. The van der Waals surface area contributed by atoms with Crippen LogP contribution in [0.15, 0.2) is 51.8 Å². The van der Waals surface area contributed by atoms with Gasteiger partial charge in [-0.2, -0.15) is 0 Å². The van der Waals surface area contributed by atoms with Gasteiger partial charge in [-0.15, -0.1) is 11.8 Å². The summed E-state index contributed by atoms with van der Waals surface area (Å²) in [5.74, 6) is 0.844. The van der Waals surface area contributed by atoms with Crippen molar-refractivity contribution >= 4 is 27.7 Å². The van der Waals surface area contributed by atoms with Crippen LogP contribution in [0.25, 0.3) is 0 Å². The molecule has 0 spiro atoms. The molecule has 0 amide bonds. The third-order valence-corrected chi connectivity index (χ3v) is 4.45. The average Bonchev–Trinajstić information content (AvgIpc) is 2.44. The zero-order valence-corrected chi connectivity index (χ0v) is 13.7. The SMILES string of the molecule is CCSc1ccc(C(N)Cc2cc(Br)ccc2F)cc1. The van der Waals surface area contributed by atoms with E-state index in [2.05, 4.69) is 35.0 Å². The van der Waals surface area contributed by atoms with Crippen molar-refractivity contribution in [2.45, 2.75) is 24.3 Å². The van der Waals surface area contributed by atoms with E-state index < -0.39 is 0 Å². The standard InChI is InChI=1S/C16H17BrFNS/c1-2-20-14-6-3-11(4-7-14)16(19)10-12-9-13(17)5-8-15(12)18/h3-9,16H,2,10,19H2,1H3. The number of benzene rings is 2. The first kappa shape index (κ1) is 15.5. The van der Waals surface area contributed by atoms with Crippen LogP contribution >= 0.6 is 27.7 Å². The second-order valence-electron chi connectivity index (χ2n) is 4.55. The number of rotatable bonds is 5. The Balaban J connectivity index is 2.11. The Kier molecular flexibility index (Phi) is 5.64. The van der Waals surface area contributed by atoms with Crippen LogP contribution in [0.4, 0.5) is 4.39 Å². The van der Waals surface area contributed by atoms with Crippen molar-refractivity contribution in [2.24, 2.45) is 5.73 Å². The molecule has 0 aliphatic carbocycles. The third-order valence-electron chi connectivity index (χ3n) is 3.07. The van der Waals surface area contributed by atoms with Crippen LogP contribution in [0.3, 0.4) is 0 Å². The molecule has 20 heavy (non-hydrogen) atoms. The Morgan fingerprint density at radius 2 is 1.90 bits per heavy atom. The van der Waals surface area contributed by atoms with Gasteiger partial charge in [-0.05, 0) is 53.6 Å². The van der Waals surface area contributed by atoms with Gasteiger partial charge in [0, 0.05) is 15.4 Å². The van der Waals surface area contributed by atoms with E-state index >= 15 is 0 Å². The van der Waals surface area contributed by atoms with Crippen molar-refractivity contribution in [3.05, 3.63) is 63.9 Å². The van der Waals surface area contributed by atoms with Gasteiger partial charge in [0.1, 0.15) is 5.82 Å². The van der Waals surface area contributed by atoms with Gasteiger partial charge in [0.2, 0.25) is 0 Å². The highest BCUT2D eigenvalue weighted by atomic mass is 79.9. The maximum absolute atomic E-state index is 13.7. The molecule has 2 aromatic rings. The molecule has 0 radical (unpaired) electrons. The topological polar surface area (TPSA) is 26.0 Å². The molecule has 0 bridgehead atoms. The van der Waals surface area contributed by atoms with Crippen molar-refractivity contribution in [3.8, 4) is 0 Å². The first-order chi connectivity index (χ1) is 9.60. The molecule has 106 valence electrons. The summed E-state index contributed by atoms with van der Waals surface area (Å²) < 4.78 is 14.6. The van der Waals surface area contributed by atoms with Gasteiger partial charge in [-0.25, -0.2) is 4.39 Å². The average molecular weight is 354 g/mol. The minimum absolute atomic E-state index is 0.195. The number of hydrogen-bond acceptors (Lipinski definition) is 2. The minimum atomic E-state index is -0.207. The highest BCUT2D eigenvalue weighted by Crippen LogP contribution is 2.24. The Hall–Kier alpha value is -0.840. The third kappa shape index (κ3) is 4.08. The summed E-state index contributed by atoms with van der Waals surface area (Å²) in [7, 11) is 0. The molecule has 0 aliphatic rings. The lowest BCUT2D eigenvalue weighted by Crippen LogP contribution is -2.14. The Bertz CT molecular complexity index is 571. The molecule has 0 aliphatic heterocycles. The van der Waals surface area contributed by atoms with Crippen LogP contribution in [-0.4, -0.2) is 5.75 Å². The Labute approximate surface area is 131 Å². The highest BCUT2D eigenvalue weighted by Gasteiger charge is 2.11. The van der Waals surface area contributed by atoms with Gasteiger partial charge in [0.15, 0.2) is 0 Å². The van der Waals surface area contributed by atoms with Gasteiger partial charge in [-0.3, -0.25) is 0 Å². The molecule has 0 aromatic heterocycles. The Morgan fingerprint density at radius 1 is 1.20 bits per heavy atom. The second-order valence-corrected chi connectivity index (χ2v) is 6.80. The molecule has 0 fully saturated rings. The molecule has 2 rings (SSSR count). The molecule has 0 saturated heterocycles.